The molecule has 0 radical (unpaired) electrons. The molecule has 0 aromatic heterocycles. The van der Waals surface area contributed by atoms with E-state index in [0.29, 0.717) is 6.04 Å². The van der Waals surface area contributed by atoms with E-state index in [1.807, 2.05) is 0 Å². The first kappa shape index (κ1) is 11.3. The first-order valence-electron chi connectivity index (χ1n) is 7.73. The molecule has 0 aliphatic heterocycles. The highest BCUT2D eigenvalue weighted by atomic mass is 16.4. The van der Waals surface area contributed by atoms with Crippen LogP contribution in [0.1, 0.15) is 44.9 Å². The Balaban J connectivity index is 1.35. The third-order valence-corrected chi connectivity index (χ3v) is 6.19. The lowest BCUT2D eigenvalue weighted by atomic mass is 9.85. The third kappa shape index (κ3) is 1.63. The predicted octanol–water partition coefficient (Wildman–Crippen LogP) is 2.26. The monoisotopic (exact) mass is 249 g/mol. The van der Waals surface area contributed by atoms with E-state index in [9.17, 15) is 4.79 Å². The number of carbonyl (C=O) groups is 1. The van der Waals surface area contributed by atoms with Gasteiger partial charge in [-0.1, -0.05) is 6.42 Å². The summed E-state index contributed by atoms with van der Waals surface area (Å²) in [6, 6.07) is 1.24. The molecule has 4 aliphatic rings. The number of carboxylic acid groups (broad SMARTS) is 1. The SMILES string of the molecule is O=C(O)C1CCCC(NC2C3C4CCC(C4)C23)C1. The Hall–Kier alpha value is -0.570. The number of aliphatic carboxylic acids is 1. The van der Waals surface area contributed by atoms with E-state index in [1.165, 1.54) is 25.7 Å². The van der Waals surface area contributed by atoms with Crippen molar-refractivity contribution in [2.24, 2.45) is 29.6 Å². The van der Waals surface area contributed by atoms with Crippen LogP contribution in [0.5, 0.6) is 0 Å². The summed E-state index contributed by atoms with van der Waals surface area (Å²) >= 11 is 0. The summed E-state index contributed by atoms with van der Waals surface area (Å²) in [5.41, 5.74) is 0. The van der Waals surface area contributed by atoms with Gasteiger partial charge in [-0.2, -0.15) is 0 Å². The van der Waals surface area contributed by atoms with Crippen LogP contribution >= 0.6 is 0 Å². The fourth-order valence-corrected chi connectivity index (χ4v) is 5.39. The number of carboxylic acids is 1. The van der Waals surface area contributed by atoms with Crippen LogP contribution in [0.25, 0.3) is 0 Å². The van der Waals surface area contributed by atoms with Gasteiger partial charge in [0.25, 0.3) is 0 Å². The van der Waals surface area contributed by atoms with Crippen molar-refractivity contribution in [2.45, 2.75) is 57.0 Å². The molecule has 2 N–H and O–H groups in total. The lowest BCUT2D eigenvalue weighted by molar-refractivity contribution is -0.143. The average molecular weight is 249 g/mol. The van der Waals surface area contributed by atoms with Gasteiger partial charge in [-0.05, 0) is 62.2 Å². The molecular formula is C15H23NO2. The van der Waals surface area contributed by atoms with Gasteiger partial charge in [0.05, 0.1) is 5.92 Å². The van der Waals surface area contributed by atoms with Crippen LogP contribution in [0, 0.1) is 29.6 Å². The molecular weight excluding hydrogens is 226 g/mol. The summed E-state index contributed by atoms with van der Waals surface area (Å²) < 4.78 is 0. The maximum absolute atomic E-state index is 11.1. The molecule has 2 bridgehead atoms. The summed E-state index contributed by atoms with van der Waals surface area (Å²) in [5, 5.41) is 13.0. The van der Waals surface area contributed by atoms with Crippen LogP contribution in [0.3, 0.4) is 0 Å². The molecule has 4 saturated carbocycles. The Bertz CT molecular complexity index is 354. The van der Waals surface area contributed by atoms with Gasteiger partial charge in [0.1, 0.15) is 0 Å². The van der Waals surface area contributed by atoms with E-state index in [1.54, 1.807) is 0 Å². The van der Waals surface area contributed by atoms with Crippen LogP contribution in [-0.4, -0.2) is 23.2 Å². The molecule has 18 heavy (non-hydrogen) atoms. The highest BCUT2D eigenvalue weighted by Gasteiger charge is 2.65. The van der Waals surface area contributed by atoms with Crippen molar-refractivity contribution in [3.8, 4) is 0 Å². The highest BCUT2D eigenvalue weighted by molar-refractivity contribution is 5.70. The minimum atomic E-state index is -0.586. The van der Waals surface area contributed by atoms with Gasteiger partial charge in [-0.15, -0.1) is 0 Å². The minimum Gasteiger partial charge on any atom is -0.481 e. The topological polar surface area (TPSA) is 49.3 Å². The third-order valence-electron chi connectivity index (χ3n) is 6.19. The molecule has 0 spiro atoms. The second kappa shape index (κ2) is 3.96. The minimum absolute atomic E-state index is 0.0911. The average Bonchev–Trinajstić information content (AvgIpc) is 2.77. The zero-order valence-electron chi connectivity index (χ0n) is 10.8. The number of fused-ring (bicyclic) bond motifs is 5. The molecule has 100 valence electrons. The van der Waals surface area contributed by atoms with E-state index >= 15 is 0 Å². The van der Waals surface area contributed by atoms with Gasteiger partial charge in [0.15, 0.2) is 0 Å². The lowest BCUT2D eigenvalue weighted by Gasteiger charge is -2.28. The van der Waals surface area contributed by atoms with E-state index in [4.69, 9.17) is 5.11 Å². The standard InChI is InChI=1S/C15H23NO2/c17-15(18)10-2-1-3-11(7-10)16-14-12-8-4-5-9(6-8)13(12)14/h8-14,16H,1-7H2,(H,17,18). The van der Waals surface area contributed by atoms with Crippen molar-refractivity contribution in [3.63, 3.8) is 0 Å². The molecule has 0 saturated heterocycles. The Kier molecular flexibility index (Phi) is 2.48. The fourth-order valence-electron chi connectivity index (χ4n) is 5.39. The molecule has 6 unspecified atom stereocenters. The second-order valence-corrected chi connectivity index (χ2v) is 7.08. The van der Waals surface area contributed by atoms with Gasteiger partial charge in [-0.3, -0.25) is 4.79 Å². The summed E-state index contributed by atoms with van der Waals surface area (Å²) in [5.74, 6) is 3.28. The van der Waals surface area contributed by atoms with E-state index in [0.717, 1.165) is 49.0 Å². The zero-order valence-corrected chi connectivity index (χ0v) is 10.8. The van der Waals surface area contributed by atoms with Crippen molar-refractivity contribution in [1.29, 1.82) is 0 Å². The smallest absolute Gasteiger partial charge is 0.306 e. The number of hydrogen-bond acceptors (Lipinski definition) is 2. The van der Waals surface area contributed by atoms with Crippen molar-refractivity contribution < 1.29 is 9.90 Å². The highest BCUT2D eigenvalue weighted by Crippen LogP contribution is 2.65. The molecule has 3 nitrogen and oxygen atoms in total. The van der Waals surface area contributed by atoms with Crippen LogP contribution in [0.4, 0.5) is 0 Å². The van der Waals surface area contributed by atoms with Crippen molar-refractivity contribution >= 4 is 5.97 Å². The summed E-state index contributed by atoms with van der Waals surface area (Å²) in [6.45, 7) is 0. The second-order valence-electron chi connectivity index (χ2n) is 7.08. The first-order chi connectivity index (χ1) is 8.74. The zero-order chi connectivity index (χ0) is 12.3. The molecule has 6 atom stereocenters. The largest absolute Gasteiger partial charge is 0.481 e. The maximum atomic E-state index is 11.1. The lowest BCUT2D eigenvalue weighted by Crippen LogP contribution is -2.39. The normalized spacial score (nSPS) is 53.2. The number of hydrogen-bond donors (Lipinski definition) is 2. The van der Waals surface area contributed by atoms with Gasteiger partial charge < -0.3 is 10.4 Å². The van der Waals surface area contributed by atoms with Gasteiger partial charge in [0.2, 0.25) is 0 Å². The van der Waals surface area contributed by atoms with E-state index < -0.39 is 5.97 Å². The predicted molar refractivity (Wildman–Crippen MR) is 68.1 cm³/mol. The Morgan fingerprint density at radius 1 is 1.00 bits per heavy atom. The van der Waals surface area contributed by atoms with Crippen LogP contribution in [-0.2, 0) is 4.79 Å². The molecule has 3 heteroatoms. The number of rotatable bonds is 3. The van der Waals surface area contributed by atoms with Crippen molar-refractivity contribution in [3.05, 3.63) is 0 Å². The Morgan fingerprint density at radius 3 is 2.39 bits per heavy atom. The van der Waals surface area contributed by atoms with Gasteiger partial charge >= 0.3 is 5.97 Å². The Labute approximate surface area is 108 Å². The Morgan fingerprint density at radius 2 is 1.72 bits per heavy atom. The number of nitrogens with one attached hydrogen (secondary N) is 1. The molecule has 0 aromatic carbocycles. The van der Waals surface area contributed by atoms with Crippen LogP contribution in [0.15, 0.2) is 0 Å². The molecule has 0 aromatic rings. The van der Waals surface area contributed by atoms with Crippen LogP contribution in [0.2, 0.25) is 0 Å². The quantitative estimate of drug-likeness (QED) is 0.806. The molecule has 4 aliphatic carbocycles. The summed E-state index contributed by atoms with van der Waals surface area (Å²) in [4.78, 5) is 11.1. The van der Waals surface area contributed by atoms with Gasteiger partial charge in [-0.25, -0.2) is 0 Å². The van der Waals surface area contributed by atoms with Crippen molar-refractivity contribution in [1.82, 2.24) is 5.32 Å². The first-order valence-corrected chi connectivity index (χ1v) is 7.73. The molecule has 4 fully saturated rings. The molecule has 4 rings (SSSR count). The molecule has 0 amide bonds. The molecule has 0 heterocycles. The summed E-state index contributed by atoms with van der Waals surface area (Å²) in [7, 11) is 0. The maximum Gasteiger partial charge on any atom is 0.306 e. The van der Waals surface area contributed by atoms with Gasteiger partial charge in [0, 0.05) is 12.1 Å². The van der Waals surface area contributed by atoms with E-state index in [-0.39, 0.29) is 5.92 Å². The van der Waals surface area contributed by atoms with Crippen molar-refractivity contribution in [2.75, 3.05) is 0 Å². The van der Waals surface area contributed by atoms with E-state index in [2.05, 4.69) is 5.32 Å². The fraction of sp³-hybridized carbons (Fsp3) is 0.933. The van der Waals surface area contributed by atoms with Crippen LogP contribution < -0.4 is 5.32 Å². The summed E-state index contributed by atoms with van der Waals surface area (Å²) in [6.07, 6.45) is 8.45.